The highest BCUT2D eigenvalue weighted by molar-refractivity contribution is 4.99. The normalized spacial score (nSPS) is 32.1. The summed E-state index contributed by atoms with van der Waals surface area (Å²) < 4.78 is 13.8. The summed E-state index contributed by atoms with van der Waals surface area (Å²) >= 11 is 0. The Bertz CT molecular complexity index is 251. The molecule has 2 aliphatic rings. The van der Waals surface area contributed by atoms with Crippen LogP contribution in [0.2, 0.25) is 0 Å². The van der Waals surface area contributed by atoms with Crippen LogP contribution in [0.15, 0.2) is 0 Å². The van der Waals surface area contributed by atoms with Crippen LogP contribution in [0.3, 0.4) is 0 Å². The lowest BCUT2D eigenvalue weighted by Crippen LogP contribution is -2.53. The fraction of sp³-hybridized carbons (Fsp3) is 1.00. The van der Waals surface area contributed by atoms with Crippen LogP contribution in [-0.2, 0) is 0 Å². The van der Waals surface area contributed by atoms with Gasteiger partial charge in [-0.1, -0.05) is 26.7 Å². The highest BCUT2D eigenvalue weighted by Gasteiger charge is 2.45. The first-order chi connectivity index (χ1) is 8.00. The molecular formula is C14H27FN2. The van der Waals surface area contributed by atoms with Crippen molar-refractivity contribution < 1.29 is 4.39 Å². The first kappa shape index (κ1) is 13.3. The van der Waals surface area contributed by atoms with Gasteiger partial charge >= 0.3 is 0 Å². The van der Waals surface area contributed by atoms with E-state index in [4.69, 9.17) is 0 Å². The lowest BCUT2D eigenvalue weighted by molar-refractivity contribution is 0.106. The lowest BCUT2D eigenvalue weighted by atomic mass is 9.88. The molecule has 0 aromatic heterocycles. The molecule has 0 radical (unpaired) electrons. The largest absolute Gasteiger partial charge is 0.310 e. The van der Waals surface area contributed by atoms with E-state index in [1.165, 1.54) is 25.7 Å². The molecule has 2 nitrogen and oxygen atoms in total. The number of hydrogen-bond donors (Lipinski definition) is 1. The van der Waals surface area contributed by atoms with Crippen LogP contribution in [-0.4, -0.2) is 42.3 Å². The Labute approximate surface area is 105 Å². The lowest BCUT2D eigenvalue weighted by Gasteiger charge is -2.40. The molecular weight excluding hydrogens is 215 g/mol. The predicted molar refractivity (Wildman–Crippen MR) is 70.0 cm³/mol. The second-order valence-electron chi connectivity index (χ2n) is 6.35. The summed E-state index contributed by atoms with van der Waals surface area (Å²) in [6.07, 6.45) is 6.61. The molecule has 0 unspecified atom stereocenters. The number of rotatable bonds is 5. The molecule has 0 aliphatic heterocycles. The molecule has 0 saturated heterocycles. The van der Waals surface area contributed by atoms with E-state index in [0.717, 1.165) is 12.8 Å². The molecule has 0 aromatic carbocycles. The summed E-state index contributed by atoms with van der Waals surface area (Å²) in [7, 11) is 2.10. The van der Waals surface area contributed by atoms with Crippen LogP contribution in [0.4, 0.5) is 4.39 Å². The third kappa shape index (κ3) is 3.65. The van der Waals surface area contributed by atoms with Crippen LogP contribution in [0, 0.1) is 0 Å². The van der Waals surface area contributed by atoms with E-state index in [0.29, 0.717) is 24.7 Å². The Hall–Kier alpha value is -0.150. The van der Waals surface area contributed by atoms with Gasteiger partial charge in [-0.05, 0) is 32.7 Å². The zero-order chi connectivity index (χ0) is 12.5. The van der Waals surface area contributed by atoms with E-state index in [1.54, 1.807) is 0 Å². The van der Waals surface area contributed by atoms with Crippen molar-refractivity contribution in [1.29, 1.82) is 0 Å². The predicted octanol–water partition coefficient (Wildman–Crippen LogP) is 2.73. The van der Waals surface area contributed by atoms with Crippen LogP contribution >= 0.6 is 0 Å². The van der Waals surface area contributed by atoms with Gasteiger partial charge in [-0.15, -0.1) is 0 Å². The van der Waals surface area contributed by atoms with Crippen molar-refractivity contribution in [3.05, 3.63) is 0 Å². The topological polar surface area (TPSA) is 15.3 Å². The van der Waals surface area contributed by atoms with Gasteiger partial charge in [-0.3, -0.25) is 4.90 Å². The van der Waals surface area contributed by atoms with Gasteiger partial charge in [0.25, 0.3) is 0 Å². The van der Waals surface area contributed by atoms with E-state index in [2.05, 4.69) is 31.1 Å². The van der Waals surface area contributed by atoms with Gasteiger partial charge in [-0.25, -0.2) is 4.39 Å². The molecule has 2 fully saturated rings. The van der Waals surface area contributed by atoms with Crippen LogP contribution in [0.25, 0.3) is 0 Å². The minimum Gasteiger partial charge on any atom is -0.310 e. The molecule has 2 atom stereocenters. The molecule has 0 bridgehead atoms. The molecule has 2 saturated carbocycles. The maximum Gasteiger partial charge on any atom is 0.123 e. The molecule has 3 heteroatoms. The fourth-order valence-corrected chi connectivity index (χ4v) is 3.12. The third-order valence-corrected chi connectivity index (χ3v) is 4.17. The monoisotopic (exact) mass is 242 g/mol. The van der Waals surface area contributed by atoms with Crippen molar-refractivity contribution in [3.8, 4) is 0 Å². The summed E-state index contributed by atoms with van der Waals surface area (Å²) in [6.45, 7) is 5.03. The van der Waals surface area contributed by atoms with E-state index in [1.807, 2.05) is 0 Å². The molecule has 17 heavy (non-hydrogen) atoms. The van der Waals surface area contributed by atoms with Crippen molar-refractivity contribution in [2.75, 3.05) is 13.6 Å². The second-order valence-corrected chi connectivity index (χ2v) is 6.35. The Morgan fingerprint density at radius 2 is 1.94 bits per heavy atom. The molecule has 2 rings (SSSR count). The molecule has 0 heterocycles. The first-order valence-corrected chi connectivity index (χ1v) is 7.15. The molecule has 0 amide bonds. The Balaban J connectivity index is 1.90. The number of nitrogens with one attached hydrogen (secondary N) is 1. The SMILES string of the molecule is CC(C)N[C@H]1CCCC[C@@H]1N(C)CC1(F)CC1. The molecule has 1 N–H and O–H groups in total. The summed E-state index contributed by atoms with van der Waals surface area (Å²) in [6, 6.07) is 1.60. The van der Waals surface area contributed by atoms with Crippen LogP contribution < -0.4 is 5.32 Å². The van der Waals surface area contributed by atoms with Crippen LogP contribution in [0.5, 0.6) is 0 Å². The molecule has 2 aliphatic carbocycles. The highest BCUT2D eigenvalue weighted by atomic mass is 19.1. The fourth-order valence-electron chi connectivity index (χ4n) is 3.12. The number of alkyl halides is 1. The maximum absolute atomic E-state index is 13.8. The van der Waals surface area contributed by atoms with Gasteiger partial charge in [0.1, 0.15) is 5.67 Å². The Morgan fingerprint density at radius 1 is 1.29 bits per heavy atom. The smallest absolute Gasteiger partial charge is 0.123 e. The molecule has 0 aromatic rings. The summed E-state index contributed by atoms with van der Waals surface area (Å²) in [5.41, 5.74) is -0.853. The number of hydrogen-bond acceptors (Lipinski definition) is 2. The highest BCUT2D eigenvalue weighted by Crippen LogP contribution is 2.41. The average Bonchev–Trinajstić information content (AvgIpc) is 2.95. The number of nitrogens with zero attached hydrogens (tertiary/aromatic N) is 1. The van der Waals surface area contributed by atoms with Gasteiger partial charge in [0.05, 0.1) is 0 Å². The summed E-state index contributed by atoms with van der Waals surface area (Å²) in [5, 5.41) is 3.65. The average molecular weight is 242 g/mol. The zero-order valence-electron chi connectivity index (χ0n) is 11.5. The second kappa shape index (κ2) is 5.23. The summed E-state index contributed by atoms with van der Waals surface area (Å²) in [4.78, 5) is 2.27. The van der Waals surface area contributed by atoms with Crippen molar-refractivity contribution in [2.24, 2.45) is 0 Å². The third-order valence-electron chi connectivity index (χ3n) is 4.17. The van der Waals surface area contributed by atoms with Crippen molar-refractivity contribution in [1.82, 2.24) is 10.2 Å². The van der Waals surface area contributed by atoms with Gasteiger partial charge in [0.15, 0.2) is 0 Å². The zero-order valence-corrected chi connectivity index (χ0v) is 11.5. The van der Waals surface area contributed by atoms with Crippen molar-refractivity contribution in [2.45, 2.75) is 76.2 Å². The first-order valence-electron chi connectivity index (χ1n) is 7.15. The van der Waals surface area contributed by atoms with E-state index in [9.17, 15) is 4.39 Å². The van der Waals surface area contributed by atoms with E-state index in [-0.39, 0.29) is 0 Å². The minimum absolute atomic E-state index is 0.522. The van der Waals surface area contributed by atoms with Crippen molar-refractivity contribution >= 4 is 0 Å². The van der Waals surface area contributed by atoms with Gasteiger partial charge in [0.2, 0.25) is 0 Å². The summed E-state index contributed by atoms with van der Waals surface area (Å²) in [5.74, 6) is 0. The Morgan fingerprint density at radius 3 is 2.53 bits per heavy atom. The number of halogens is 1. The van der Waals surface area contributed by atoms with Crippen molar-refractivity contribution in [3.63, 3.8) is 0 Å². The van der Waals surface area contributed by atoms with Gasteiger partial charge in [0, 0.05) is 24.7 Å². The van der Waals surface area contributed by atoms with Crippen LogP contribution in [0.1, 0.15) is 52.4 Å². The van der Waals surface area contributed by atoms with Gasteiger partial charge < -0.3 is 5.32 Å². The minimum atomic E-state index is -0.853. The number of likely N-dealkylation sites (N-methyl/N-ethyl adjacent to an activating group) is 1. The Kier molecular flexibility index (Phi) is 4.09. The quantitative estimate of drug-likeness (QED) is 0.797. The maximum atomic E-state index is 13.8. The van der Waals surface area contributed by atoms with E-state index >= 15 is 0 Å². The van der Waals surface area contributed by atoms with E-state index < -0.39 is 5.67 Å². The molecule has 100 valence electrons. The standard InChI is InChI=1S/C14H27FN2/c1-11(2)16-12-6-4-5-7-13(12)17(3)10-14(15)8-9-14/h11-13,16H,4-10H2,1-3H3/t12-,13-/m0/s1. The molecule has 0 spiro atoms. The van der Waals surface area contributed by atoms with Gasteiger partial charge in [-0.2, -0.15) is 0 Å².